The molecule has 1 aliphatic rings. The van der Waals surface area contributed by atoms with Gasteiger partial charge in [0.05, 0.1) is 11.7 Å². The Balaban J connectivity index is 1.82. The molecule has 1 N–H and O–H groups in total. The van der Waals surface area contributed by atoms with Crippen LogP contribution in [0.25, 0.3) is 0 Å². The highest BCUT2D eigenvalue weighted by Gasteiger charge is 2.40. The Morgan fingerprint density at radius 2 is 1.92 bits per heavy atom. The smallest absolute Gasteiger partial charge is 0.295 e. The third-order valence-electron chi connectivity index (χ3n) is 3.50. The fourth-order valence-corrected chi connectivity index (χ4v) is 3.29. The van der Waals surface area contributed by atoms with Crippen LogP contribution in [0.3, 0.4) is 0 Å². The lowest BCUT2D eigenvalue weighted by Crippen LogP contribution is -2.34. The Bertz CT molecular complexity index is 837. The summed E-state index contributed by atoms with van der Waals surface area (Å²) in [7, 11) is 0. The number of nitrogens with zero attached hydrogens (tertiary/aromatic N) is 1. The minimum absolute atomic E-state index is 0.00249. The first-order chi connectivity index (χ1) is 11.5. The van der Waals surface area contributed by atoms with Gasteiger partial charge in [-0.15, -0.1) is 0 Å². The summed E-state index contributed by atoms with van der Waals surface area (Å²) >= 11 is 0.855. The van der Waals surface area contributed by atoms with Gasteiger partial charge < -0.3 is 15.2 Å². The second kappa shape index (κ2) is 6.37. The maximum absolute atomic E-state index is 12.5. The lowest BCUT2D eigenvalue weighted by Gasteiger charge is -2.15. The summed E-state index contributed by atoms with van der Waals surface area (Å²) in [6, 6.07) is 13.0. The second-order valence-corrected chi connectivity index (χ2v) is 6.35. The van der Waals surface area contributed by atoms with Crippen molar-refractivity contribution < 1.29 is 19.5 Å². The van der Waals surface area contributed by atoms with Crippen LogP contribution in [0.1, 0.15) is 15.9 Å². The predicted molar refractivity (Wildman–Crippen MR) is 89.8 cm³/mol. The van der Waals surface area contributed by atoms with Gasteiger partial charge in [0, 0.05) is 5.69 Å². The van der Waals surface area contributed by atoms with E-state index in [9.17, 15) is 19.5 Å². The monoisotopic (exact) mass is 341 g/mol. The number of imide groups is 1. The molecule has 0 bridgehead atoms. The van der Waals surface area contributed by atoms with Gasteiger partial charge in [0.25, 0.3) is 11.1 Å². The van der Waals surface area contributed by atoms with Crippen LogP contribution in [0.5, 0.6) is 0 Å². The average Bonchev–Trinajstić information content (AvgIpc) is 2.81. The van der Waals surface area contributed by atoms with Crippen molar-refractivity contribution in [3.63, 3.8) is 0 Å². The summed E-state index contributed by atoms with van der Waals surface area (Å²) in [6.07, 6.45) is 0. The van der Waals surface area contributed by atoms with Crippen LogP contribution in [-0.2, 0) is 4.79 Å². The first-order valence-corrected chi connectivity index (χ1v) is 8.03. The zero-order chi connectivity index (χ0) is 17.3. The molecule has 0 unspecified atom stereocenters. The number of aryl methyl sites for hydroxylation is 1. The van der Waals surface area contributed by atoms with E-state index in [0.717, 1.165) is 22.2 Å². The molecule has 1 saturated heterocycles. The van der Waals surface area contributed by atoms with Gasteiger partial charge in [0.1, 0.15) is 0 Å². The standard InChI is InChI=1S/C17H14N2O4S/c1-10-4-2-7-13(8-10)19-15(20)14(24-17(19)23)18-12-6-3-5-11(9-12)16(21)22/h2-9,14,18H,1H3,(H,21,22)/p-1/t14-/m1/s1. The van der Waals surface area contributed by atoms with E-state index in [2.05, 4.69) is 5.32 Å². The van der Waals surface area contributed by atoms with Crippen molar-refractivity contribution in [2.75, 3.05) is 10.2 Å². The number of hydrogen-bond donors (Lipinski definition) is 1. The third-order valence-corrected chi connectivity index (χ3v) is 4.44. The number of hydrogen-bond acceptors (Lipinski definition) is 6. The molecule has 0 spiro atoms. The Labute approximate surface area is 142 Å². The molecule has 2 amide bonds. The largest absolute Gasteiger partial charge is 0.545 e. The van der Waals surface area contributed by atoms with E-state index < -0.39 is 17.3 Å². The van der Waals surface area contributed by atoms with Gasteiger partial charge in [-0.3, -0.25) is 9.59 Å². The van der Waals surface area contributed by atoms with Crippen LogP contribution in [0.15, 0.2) is 48.5 Å². The second-order valence-electron chi connectivity index (χ2n) is 5.29. The summed E-state index contributed by atoms with van der Waals surface area (Å²) in [6.45, 7) is 1.88. The number of thioether (sulfide) groups is 1. The fraction of sp³-hybridized carbons (Fsp3) is 0.118. The minimum atomic E-state index is -1.30. The molecule has 6 nitrogen and oxygen atoms in total. The summed E-state index contributed by atoms with van der Waals surface area (Å²) in [5, 5.41) is 12.6. The fourth-order valence-electron chi connectivity index (χ4n) is 2.39. The highest BCUT2D eigenvalue weighted by Crippen LogP contribution is 2.32. The average molecular weight is 341 g/mol. The molecule has 0 saturated carbocycles. The highest BCUT2D eigenvalue weighted by molar-refractivity contribution is 8.16. The summed E-state index contributed by atoms with van der Waals surface area (Å²) < 4.78 is 0. The van der Waals surface area contributed by atoms with Gasteiger partial charge in [0.15, 0.2) is 5.37 Å². The molecule has 24 heavy (non-hydrogen) atoms. The first-order valence-electron chi connectivity index (χ1n) is 7.15. The predicted octanol–water partition coefficient (Wildman–Crippen LogP) is 2.00. The van der Waals surface area contributed by atoms with Crippen LogP contribution in [-0.4, -0.2) is 22.5 Å². The molecule has 0 aliphatic carbocycles. The summed E-state index contributed by atoms with van der Waals surface area (Å²) in [5.74, 6) is -1.70. The number of amides is 2. The maximum atomic E-state index is 12.5. The van der Waals surface area contributed by atoms with Crippen molar-refractivity contribution in [1.82, 2.24) is 0 Å². The molecule has 122 valence electrons. The Hall–Kier alpha value is -2.80. The van der Waals surface area contributed by atoms with Crippen molar-refractivity contribution in [2.45, 2.75) is 12.3 Å². The van der Waals surface area contributed by atoms with Crippen LogP contribution in [0.2, 0.25) is 0 Å². The van der Waals surface area contributed by atoms with Crippen molar-refractivity contribution in [1.29, 1.82) is 0 Å². The van der Waals surface area contributed by atoms with Crippen LogP contribution < -0.4 is 15.3 Å². The molecule has 1 fully saturated rings. The minimum Gasteiger partial charge on any atom is -0.545 e. The number of aromatic carboxylic acids is 1. The first kappa shape index (κ1) is 16.1. The zero-order valence-corrected chi connectivity index (χ0v) is 13.5. The molecule has 7 heteroatoms. The number of carbonyl (C=O) groups excluding carboxylic acids is 3. The van der Waals surface area contributed by atoms with Gasteiger partial charge in [-0.2, -0.15) is 0 Å². The molecule has 3 rings (SSSR count). The maximum Gasteiger partial charge on any atom is 0.295 e. The number of nitrogens with one attached hydrogen (secondary N) is 1. The number of rotatable bonds is 4. The van der Waals surface area contributed by atoms with Gasteiger partial charge in [-0.1, -0.05) is 24.3 Å². The highest BCUT2D eigenvalue weighted by atomic mass is 32.2. The summed E-state index contributed by atoms with van der Waals surface area (Å²) in [4.78, 5) is 36.8. The van der Waals surface area contributed by atoms with Gasteiger partial charge in [-0.05, 0) is 54.1 Å². The van der Waals surface area contributed by atoms with E-state index in [1.165, 1.54) is 18.2 Å². The quantitative estimate of drug-likeness (QED) is 0.915. The van der Waals surface area contributed by atoms with Gasteiger partial charge in [-0.25, -0.2) is 4.90 Å². The normalized spacial score (nSPS) is 17.2. The van der Waals surface area contributed by atoms with E-state index in [4.69, 9.17) is 0 Å². The molecule has 1 aliphatic heterocycles. The molecule has 0 aromatic heterocycles. The van der Waals surface area contributed by atoms with Crippen LogP contribution in [0.4, 0.5) is 16.2 Å². The lowest BCUT2D eigenvalue weighted by atomic mass is 10.2. The Morgan fingerprint density at radius 3 is 2.62 bits per heavy atom. The molecule has 2 aromatic carbocycles. The van der Waals surface area contributed by atoms with Crippen molar-refractivity contribution in [2.24, 2.45) is 0 Å². The molecule has 1 atom stereocenters. The van der Waals surface area contributed by atoms with Crippen LogP contribution >= 0.6 is 11.8 Å². The SMILES string of the molecule is Cc1cccc(N2C(=O)S[C@@H](Nc3cccc(C(=O)[O-])c3)C2=O)c1. The Morgan fingerprint density at radius 1 is 1.17 bits per heavy atom. The van der Waals surface area contributed by atoms with E-state index in [0.29, 0.717) is 11.4 Å². The number of anilines is 2. The van der Waals surface area contributed by atoms with Crippen molar-refractivity contribution >= 4 is 40.3 Å². The molecule has 1 heterocycles. The van der Waals surface area contributed by atoms with E-state index in [1.54, 1.807) is 24.3 Å². The molecule has 0 radical (unpaired) electrons. The summed E-state index contributed by atoms with van der Waals surface area (Å²) in [5.41, 5.74) is 1.89. The zero-order valence-electron chi connectivity index (χ0n) is 12.7. The van der Waals surface area contributed by atoms with Gasteiger partial charge in [0.2, 0.25) is 0 Å². The molecular formula is C17H13N2O4S-. The number of carboxylic acid groups (broad SMARTS) is 1. The lowest BCUT2D eigenvalue weighted by molar-refractivity contribution is -0.255. The van der Waals surface area contributed by atoms with Gasteiger partial charge >= 0.3 is 0 Å². The molecule has 2 aromatic rings. The number of benzene rings is 2. The Kier molecular flexibility index (Phi) is 4.26. The van der Waals surface area contributed by atoms with Crippen molar-refractivity contribution in [3.05, 3.63) is 59.7 Å². The van der Waals surface area contributed by atoms with E-state index in [-0.39, 0.29) is 10.8 Å². The third kappa shape index (κ3) is 3.11. The van der Waals surface area contributed by atoms with E-state index >= 15 is 0 Å². The van der Waals surface area contributed by atoms with E-state index in [1.807, 2.05) is 13.0 Å². The number of carboxylic acids is 1. The number of carbonyl (C=O) groups is 3. The van der Waals surface area contributed by atoms with Crippen molar-refractivity contribution in [3.8, 4) is 0 Å². The molecular weight excluding hydrogens is 328 g/mol. The van der Waals surface area contributed by atoms with Crippen LogP contribution in [0, 0.1) is 6.92 Å². The topological polar surface area (TPSA) is 89.5 Å².